The van der Waals surface area contributed by atoms with Crippen LogP contribution in [0.5, 0.6) is 0 Å². The average molecular weight is 356 g/mol. The first-order valence-corrected chi connectivity index (χ1v) is 12.0. The van der Waals surface area contributed by atoms with Gasteiger partial charge in [-0.2, -0.15) is 11.8 Å². The van der Waals surface area contributed by atoms with E-state index in [0.29, 0.717) is 6.42 Å². The van der Waals surface area contributed by atoms with Gasteiger partial charge in [0.1, 0.15) is 0 Å². The maximum atomic E-state index is 10.1. The molecule has 0 unspecified atom stereocenters. The summed E-state index contributed by atoms with van der Waals surface area (Å²) < 4.78 is 0. The summed E-state index contributed by atoms with van der Waals surface area (Å²) in [4.78, 5) is 10.1. The highest BCUT2D eigenvalue weighted by Crippen LogP contribution is 2.14. The molecule has 0 N–H and O–H groups in total. The van der Waals surface area contributed by atoms with Gasteiger partial charge < -0.3 is 0 Å². The normalized spacial score (nSPS) is 11.0. The molecule has 24 heavy (non-hydrogen) atoms. The van der Waals surface area contributed by atoms with Crippen LogP contribution in [0, 0.1) is 0 Å². The summed E-state index contributed by atoms with van der Waals surface area (Å²) in [6.07, 6.45) is 26.1. The van der Waals surface area contributed by atoms with E-state index in [-0.39, 0.29) is 0 Å². The van der Waals surface area contributed by atoms with Gasteiger partial charge in [-0.1, -0.05) is 96.8 Å². The Morgan fingerprint density at radius 1 is 0.542 bits per heavy atom. The summed E-state index contributed by atoms with van der Waals surface area (Å²) in [7, 11) is 0. The standard InChI is InChI=1S/C22H43OS/c1-2-3-4-5-6-7-9-12-15-18-21-24-22-19-16-13-10-8-11-14-17-20-23/h2-19,21-22H2,1H3. The molecular weight excluding hydrogens is 312 g/mol. The molecule has 143 valence electrons. The number of unbranched alkanes of at least 4 members (excludes halogenated alkanes) is 16. The van der Waals surface area contributed by atoms with E-state index in [9.17, 15) is 4.79 Å². The first-order valence-electron chi connectivity index (χ1n) is 10.8. The van der Waals surface area contributed by atoms with Crippen molar-refractivity contribution in [2.75, 3.05) is 11.5 Å². The highest BCUT2D eigenvalue weighted by molar-refractivity contribution is 7.99. The number of carbonyl (C=O) groups excluding carboxylic acids is 1. The molecule has 0 fully saturated rings. The van der Waals surface area contributed by atoms with E-state index in [1.807, 2.05) is 6.29 Å². The third-order valence-electron chi connectivity index (χ3n) is 4.71. The summed E-state index contributed by atoms with van der Waals surface area (Å²) in [6.45, 7) is 2.29. The van der Waals surface area contributed by atoms with Gasteiger partial charge in [-0.05, 0) is 30.8 Å². The van der Waals surface area contributed by atoms with E-state index in [4.69, 9.17) is 0 Å². The quantitative estimate of drug-likeness (QED) is 0.195. The van der Waals surface area contributed by atoms with E-state index < -0.39 is 0 Å². The van der Waals surface area contributed by atoms with Crippen LogP contribution in [0.15, 0.2) is 0 Å². The maximum Gasteiger partial charge on any atom is 0.198 e. The number of rotatable bonds is 21. The number of hydrogen-bond acceptors (Lipinski definition) is 2. The Bertz CT molecular complexity index is 230. The van der Waals surface area contributed by atoms with E-state index >= 15 is 0 Å². The summed E-state index contributed by atoms with van der Waals surface area (Å²) >= 11 is 2.16. The lowest BCUT2D eigenvalue weighted by Crippen LogP contribution is -1.87. The topological polar surface area (TPSA) is 17.1 Å². The molecule has 2 heteroatoms. The molecule has 0 rings (SSSR count). The molecule has 0 spiro atoms. The van der Waals surface area contributed by atoms with E-state index in [1.54, 1.807) is 0 Å². The van der Waals surface area contributed by atoms with Crippen molar-refractivity contribution < 1.29 is 4.79 Å². The minimum Gasteiger partial charge on any atom is -0.291 e. The zero-order chi connectivity index (χ0) is 17.6. The highest BCUT2D eigenvalue weighted by Gasteiger charge is 1.95. The van der Waals surface area contributed by atoms with Crippen molar-refractivity contribution in [1.82, 2.24) is 0 Å². The molecule has 0 aromatic rings. The first-order chi connectivity index (χ1) is 11.9. The number of hydrogen-bond donors (Lipinski definition) is 0. The van der Waals surface area contributed by atoms with E-state index in [2.05, 4.69) is 18.7 Å². The summed E-state index contributed by atoms with van der Waals surface area (Å²) in [5, 5.41) is 0. The lowest BCUT2D eigenvalue weighted by molar-refractivity contribution is 0.541. The van der Waals surface area contributed by atoms with Crippen molar-refractivity contribution in [2.24, 2.45) is 0 Å². The molecule has 0 aliphatic heterocycles. The minimum atomic E-state index is 0.635. The SMILES string of the molecule is CCCCCCCCCCCCSCCCCCCCCC[C]=O. The highest BCUT2D eigenvalue weighted by atomic mass is 32.2. The fraction of sp³-hybridized carbons (Fsp3) is 0.955. The van der Waals surface area contributed by atoms with E-state index in [0.717, 1.165) is 6.42 Å². The van der Waals surface area contributed by atoms with Crippen molar-refractivity contribution in [2.45, 2.75) is 122 Å². The van der Waals surface area contributed by atoms with Gasteiger partial charge in [0.05, 0.1) is 0 Å². The molecule has 0 aromatic heterocycles. The molecule has 1 radical (unpaired) electrons. The summed E-state index contributed by atoms with van der Waals surface area (Å²) in [5.41, 5.74) is 0. The average Bonchev–Trinajstić information content (AvgIpc) is 2.60. The third kappa shape index (κ3) is 22.0. The molecule has 1 nitrogen and oxygen atoms in total. The molecule has 0 saturated carbocycles. The Morgan fingerprint density at radius 2 is 0.917 bits per heavy atom. The molecule has 0 aliphatic rings. The second kappa shape index (κ2) is 23.0. The van der Waals surface area contributed by atoms with Crippen LogP contribution in [0.1, 0.15) is 122 Å². The van der Waals surface area contributed by atoms with Crippen molar-refractivity contribution >= 4 is 18.0 Å². The van der Waals surface area contributed by atoms with Gasteiger partial charge in [-0.15, -0.1) is 0 Å². The molecular formula is C22H43OS. The van der Waals surface area contributed by atoms with Crippen LogP contribution in [0.25, 0.3) is 0 Å². The van der Waals surface area contributed by atoms with Crippen LogP contribution >= 0.6 is 11.8 Å². The van der Waals surface area contributed by atoms with Crippen molar-refractivity contribution in [1.29, 1.82) is 0 Å². The summed E-state index contributed by atoms with van der Waals surface area (Å²) in [6, 6.07) is 0. The Hall–Kier alpha value is 0.0200. The van der Waals surface area contributed by atoms with Gasteiger partial charge in [0.2, 0.25) is 0 Å². The van der Waals surface area contributed by atoms with Gasteiger partial charge in [-0.25, -0.2) is 0 Å². The molecule has 0 aromatic carbocycles. The second-order valence-corrected chi connectivity index (χ2v) is 8.39. The number of thioether (sulfide) groups is 1. The predicted molar refractivity (Wildman–Crippen MR) is 112 cm³/mol. The fourth-order valence-electron chi connectivity index (χ4n) is 3.08. The fourth-order valence-corrected chi connectivity index (χ4v) is 4.10. The molecule has 0 bridgehead atoms. The largest absolute Gasteiger partial charge is 0.291 e. The monoisotopic (exact) mass is 355 g/mol. The van der Waals surface area contributed by atoms with Crippen LogP contribution < -0.4 is 0 Å². The third-order valence-corrected chi connectivity index (χ3v) is 5.86. The van der Waals surface area contributed by atoms with Crippen molar-refractivity contribution in [3.8, 4) is 0 Å². The lowest BCUT2D eigenvalue weighted by atomic mass is 10.1. The summed E-state index contributed by atoms with van der Waals surface area (Å²) in [5.74, 6) is 2.73. The minimum absolute atomic E-state index is 0.635. The van der Waals surface area contributed by atoms with Crippen LogP contribution in [0.3, 0.4) is 0 Å². The van der Waals surface area contributed by atoms with Gasteiger partial charge in [0.15, 0.2) is 6.29 Å². The second-order valence-electron chi connectivity index (χ2n) is 7.16. The maximum absolute atomic E-state index is 10.1. The molecule has 0 atom stereocenters. The molecule has 0 aliphatic carbocycles. The first kappa shape index (κ1) is 24.0. The Kier molecular flexibility index (Phi) is 23.0. The zero-order valence-corrected chi connectivity index (χ0v) is 17.3. The Morgan fingerprint density at radius 3 is 1.33 bits per heavy atom. The lowest BCUT2D eigenvalue weighted by Gasteiger charge is -2.04. The van der Waals surface area contributed by atoms with Crippen LogP contribution in [0.4, 0.5) is 0 Å². The molecule has 0 amide bonds. The van der Waals surface area contributed by atoms with Crippen molar-refractivity contribution in [3.05, 3.63) is 0 Å². The van der Waals surface area contributed by atoms with Crippen molar-refractivity contribution in [3.63, 3.8) is 0 Å². The molecule has 0 saturated heterocycles. The Labute approximate surface area is 157 Å². The Balaban J connectivity index is 2.94. The van der Waals surface area contributed by atoms with Gasteiger partial charge >= 0.3 is 0 Å². The van der Waals surface area contributed by atoms with Gasteiger partial charge in [-0.3, -0.25) is 4.79 Å². The predicted octanol–water partition coefficient (Wildman–Crippen LogP) is 7.87. The smallest absolute Gasteiger partial charge is 0.198 e. The van der Waals surface area contributed by atoms with E-state index in [1.165, 1.54) is 114 Å². The van der Waals surface area contributed by atoms with Gasteiger partial charge in [0, 0.05) is 6.42 Å². The van der Waals surface area contributed by atoms with Crippen LogP contribution in [-0.2, 0) is 4.79 Å². The van der Waals surface area contributed by atoms with Crippen LogP contribution in [-0.4, -0.2) is 17.8 Å². The molecule has 0 heterocycles. The zero-order valence-electron chi connectivity index (χ0n) is 16.5. The van der Waals surface area contributed by atoms with Gasteiger partial charge in [0.25, 0.3) is 0 Å². The van der Waals surface area contributed by atoms with Crippen LogP contribution in [0.2, 0.25) is 0 Å².